The molecule has 6 aromatic rings. The molecular weight excluding hydrogens is 486 g/mol. The van der Waals surface area contributed by atoms with E-state index in [-0.39, 0.29) is 11.1 Å². The maximum Gasteiger partial charge on any atom is 0.279 e. The summed E-state index contributed by atoms with van der Waals surface area (Å²) in [6.07, 6.45) is 1.70. The van der Waals surface area contributed by atoms with E-state index in [2.05, 4.69) is 4.98 Å². The van der Waals surface area contributed by atoms with E-state index in [9.17, 15) is 9.59 Å². The van der Waals surface area contributed by atoms with Crippen molar-refractivity contribution in [2.24, 2.45) is 7.05 Å². The third kappa shape index (κ3) is 4.07. The second-order valence-corrected chi connectivity index (χ2v) is 9.66. The summed E-state index contributed by atoms with van der Waals surface area (Å²) < 4.78 is 10.5. The van der Waals surface area contributed by atoms with Gasteiger partial charge in [0, 0.05) is 30.4 Å². The van der Waals surface area contributed by atoms with Crippen LogP contribution in [-0.2, 0) is 19.3 Å². The standard InChI is InChI=1S/C28H23N5O3S/c1-31-22-12-11-20(36-2)15-21(22)25-26(31)27(35)33(16-18-8-4-3-5-9-18)28(30-25)37-17-19-14-24(34)32-13-7-6-10-23(32)29-19/h3-15H,16-17H2,1-2H3. The van der Waals surface area contributed by atoms with E-state index < -0.39 is 0 Å². The number of pyridine rings is 1. The molecule has 0 N–H and O–H groups in total. The normalized spacial score (nSPS) is 11.5. The molecule has 0 aliphatic heterocycles. The van der Waals surface area contributed by atoms with Gasteiger partial charge in [-0.2, -0.15) is 0 Å². The lowest BCUT2D eigenvalue weighted by atomic mass is 10.2. The Morgan fingerprint density at radius 3 is 2.57 bits per heavy atom. The zero-order valence-electron chi connectivity index (χ0n) is 20.3. The molecule has 0 aliphatic carbocycles. The summed E-state index contributed by atoms with van der Waals surface area (Å²) in [5.41, 5.74) is 3.99. The summed E-state index contributed by atoms with van der Waals surface area (Å²) in [5.74, 6) is 1.09. The van der Waals surface area contributed by atoms with Crippen molar-refractivity contribution in [3.63, 3.8) is 0 Å². The number of hydrogen-bond donors (Lipinski definition) is 0. The molecule has 4 aromatic heterocycles. The number of aromatic nitrogens is 5. The average molecular weight is 510 g/mol. The number of rotatable bonds is 6. The van der Waals surface area contributed by atoms with E-state index in [1.807, 2.05) is 66.2 Å². The van der Waals surface area contributed by atoms with Crippen LogP contribution < -0.4 is 15.9 Å². The molecule has 184 valence electrons. The molecule has 0 bridgehead atoms. The maximum absolute atomic E-state index is 13.9. The molecule has 8 nitrogen and oxygen atoms in total. The maximum atomic E-state index is 13.9. The Morgan fingerprint density at radius 2 is 1.76 bits per heavy atom. The number of ether oxygens (including phenoxy) is 1. The van der Waals surface area contributed by atoms with Crippen molar-refractivity contribution >= 4 is 39.3 Å². The minimum atomic E-state index is -0.146. The Labute approximate surface area is 215 Å². The number of nitrogens with zero attached hydrogens (tertiary/aromatic N) is 5. The highest BCUT2D eigenvalue weighted by atomic mass is 32.2. The molecule has 37 heavy (non-hydrogen) atoms. The first-order valence-electron chi connectivity index (χ1n) is 11.7. The Hall–Kier alpha value is -4.37. The largest absolute Gasteiger partial charge is 0.497 e. The predicted molar refractivity (Wildman–Crippen MR) is 146 cm³/mol. The lowest BCUT2D eigenvalue weighted by Gasteiger charge is -2.13. The van der Waals surface area contributed by atoms with Gasteiger partial charge in [-0.15, -0.1) is 0 Å². The summed E-state index contributed by atoms with van der Waals surface area (Å²) >= 11 is 1.39. The highest BCUT2D eigenvalue weighted by molar-refractivity contribution is 7.98. The summed E-state index contributed by atoms with van der Waals surface area (Å²) in [4.78, 5) is 36.1. The van der Waals surface area contributed by atoms with Gasteiger partial charge in [-0.25, -0.2) is 9.97 Å². The van der Waals surface area contributed by atoms with Crippen LogP contribution in [0, 0.1) is 0 Å². The minimum absolute atomic E-state index is 0.124. The van der Waals surface area contributed by atoms with Crippen LogP contribution in [0.25, 0.3) is 27.6 Å². The molecule has 0 fully saturated rings. The van der Waals surface area contributed by atoms with Crippen LogP contribution in [0.1, 0.15) is 11.3 Å². The average Bonchev–Trinajstić information content (AvgIpc) is 3.20. The second kappa shape index (κ2) is 9.25. The van der Waals surface area contributed by atoms with Crippen LogP contribution in [0.15, 0.2) is 93.7 Å². The second-order valence-electron chi connectivity index (χ2n) is 8.71. The van der Waals surface area contributed by atoms with E-state index in [0.717, 1.165) is 16.5 Å². The minimum Gasteiger partial charge on any atom is -0.497 e. The van der Waals surface area contributed by atoms with Gasteiger partial charge in [0.2, 0.25) is 0 Å². The number of hydrogen-bond acceptors (Lipinski definition) is 6. The van der Waals surface area contributed by atoms with Crippen LogP contribution >= 0.6 is 11.8 Å². The predicted octanol–water partition coefficient (Wildman–Crippen LogP) is 4.25. The summed E-state index contributed by atoms with van der Waals surface area (Å²) in [6.45, 7) is 0.379. The first-order chi connectivity index (χ1) is 18.0. The molecule has 0 aliphatic rings. The molecule has 2 aromatic carbocycles. The fourth-order valence-electron chi connectivity index (χ4n) is 4.59. The molecule has 0 spiro atoms. The van der Waals surface area contributed by atoms with Gasteiger partial charge in [0.25, 0.3) is 11.1 Å². The highest BCUT2D eigenvalue weighted by Gasteiger charge is 2.19. The van der Waals surface area contributed by atoms with E-state index in [1.54, 1.807) is 30.0 Å². The Balaban J connectivity index is 1.51. The number of fused-ring (bicyclic) bond motifs is 4. The van der Waals surface area contributed by atoms with Crippen molar-refractivity contribution in [3.8, 4) is 5.75 Å². The molecular formula is C28H23N5O3S. The topological polar surface area (TPSA) is 83.4 Å². The van der Waals surface area contributed by atoms with Gasteiger partial charge >= 0.3 is 0 Å². The molecule has 4 heterocycles. The number of methoxy groups -OCH3 is 1. The molecule has 0 unspecified atom stereocenters. The summed E-state index contributed by atoms with van der Waals surface area (Å²) in [7, 11) is 3.50. The van der Waals surface area contributed by atoms with Crippen LogP contribution in [0.5, 0.6) is 5.75 Å². The quantitative estimate of drug-likeness (QED) is 0.247. The van der Waals surface area contributed by atoms with Crippen molar-refractivity contribution in [3.05, 3.63) is 111 Å². The van der Waals surface area contributed by atoms with Gasteiger partial charge in [0.1, 0.15) is 22.4 Å². The van der Waals surface area contributed by atoms with Crippen LogP contribution in [0.2, 0.25) is 0 Å². The molecule has 0 amide bonds. The van der Waals surface area contributed by atoms with Gasteiger partial charge in [0.05, 0.1) is 24.9 Å². The van der Waals surface area contributed by atoms with Crippen molar-refractivity contribution in [2.75, 3.05) is 7.11 Å². The Morgan fingerprint density at radius 1 is 0.946 bits per heavy atom. The lowest BCUT2D eigenvalue weighted by Crippen LogP contribution is -2.25. The number of aryl methyl sites for hydroxylation is 1. The van der Waals surface area contributed by atoms with Crippen molar-refractivity contribution in [2.45, 2.75) is 17.5 Å². The van der Waals surface area contributed by atoms with E-state index in [1.165, 1.54) is 22.2 Å². The lowest BCUT2D eigenvalue weighted by molar-refractivity contribution is 0.415. The molecule has 9 heteroatoms. The smallest absolute Gasteiger partial charge is 0.279 e. The van der Waals surface area contributed by atoms with E-state index in [4.69, 9.17) is 9.72 Å². The Kier molecular flexibility index (Phi) is 5.77. The monoisotopic (exact) mass is 509 g/mol. The van der Waals surface area contributed by atoms with Crippen LogP contribution in [0.3, 0.4) is 0 Å². The highest BCUT2D eigenvalue weighted by Crippen LogP contribution is 2.30. The fourth-order valence-corrected chi connectivity index (χ4v) is 5.47. The molecule has 0 radical (unpaired) electrons. The van der Waals surface area contributed by atoms with Gasteiger partial charge in [-0.1, -0.05) is 48.2 Å². The zero-order chi connectivity index (χ0) is 25.5. The molecule has 0 saturated carbocycles. The van der Waals surface area contributed by atoms with Gasteiger partial charge < -0.3 is 9.30 Å². The number of thioether (sulfide) groups is 1. The van der Waals surface area contributed by atoms with Gasteiger partial charge in [0.15, 0.2) is 5.16 Å². The first-order valence-corrected chi connectivity index (χ1v) is 12.7. The summed E-state index contributed by atoms with van der Waals surface area (Å²) in [5, 5.41) is 1.41. The van der Waals surface area contributed by atoms with Gasteiger partial charge in [-0.05, 0) is 35.9 Å². The molecule has 0 saturated heterocycles. The third-order valence-corrected chi connectivity index (χ3v) is 7.43. The Bertz CT molecular complexity index is 1910. The SMILES string of the molecule is COc1ccc2c(c1)c1nc(SCc3cc(=O)n4ccccc4n3)n(Cc3ccccc3)c(=O)c1n2C. The molecule has 0 atom stereocenters. The van der Waals surface area contributed by atoms with Crippen molar-refractivity contribution in [1.29, 1.82) is 0 Å². The first kappa shape index (κ1) is 23.1. The third-order valence-electron chi connectivity index (χ3n) is 6.42. The molecule has 6 rings (SSSR count). The van der Waals surface area contributed by atoms with Crippen molar-refractivity contribution < 1.29 is 4.74 Å². The fraction of sp³-hybridized carbons (Fsp3) is 0.143. The van der Waals surface area contributed by atoms with Crippen molar-refractivity contribution in [1.82, 2.24) is 23.5 Å². The van der Waals surface area contributed by atoms with E-state index >= 15 is 0 Å². The summed E-state index contributed by atoms with van der Waals surface area (Å²) in [6, 6.07) is 22.5. The van der Waals surface area contributed by atoms with Crippen LogP contribution in [-0.4, -0.2) is 30.6 Å². The van der Waals surface area contributed by atoms with Crippen LogP contribution in [0.4, 0.5) is 0 Å². The van der Waals surface area contributed by atoms with Gasteiger partial charge in [-0.3, -0.25) is 18.6 Å². The van der Waals surface area contributed by atoms with E-state index in [0.29, 0.717) is 45.6 Å². The number of benzene rings is 2. The zero-order valence-corrected chi connectivity index (χ0v) is 21.1.